The van der Waals surface area contributed by atoms with Gasteiger partial charge in [0.1, 0.15) is 0 Å². The van der Waals surface area contributed by atoms with Crippen LogP contribution in [-0.2, 0) is 9.53 Å². The lowest BCUT2D eigenvalue weighted by Gasteiger charge is -2.42. The molecule has 0 aromatic rings. The minimum Gasteiger partial charge on any atom is -0.466 e. The molecule has 0 spiro atoms. The number of carbonyl (C=O) groups excluding carboxylic acids is 1. The lowest BCUT2D eigenvalue weighted by atomic mass is 9.62. The topological polar surface area (TPSA) is 26.3 Å². The van der Waals surface area contributed by atoms with Gasteiger partial charge in [0, 0.05) is 0 Å². The molecule has 0 bridgehead atoms. The van der Waals surface area contributed by atoms with E-state index < -0.39 is 0 Å². The zero-order valence-corrected chi connectivity index (χ0v) is 12.3. The van der Waals surface area contributed by atoms with Crippen molar-refractivity contribution >= 4 is 5.97 Å². The summed E-state index contributed by atoms with van der Waals surface area (Å²) in [7, 11) is 0. The third-order valence-corrected chi connectivity index (χ3v) is 5.13. The average molecular weight is 240 g/mol. The van der Waals surface area contributed by atoms with Gasteiger partial charge in [-0.1, -0.05) is 34.6 Å². The van der Waals surface area contributed by atoms with Crippen LogP contribution in [0.5, 0.6) is 0 Å². The lowest BCUT2D eigenvalue weighted by Crippen LogP contribution is -2.38. The van der Waals surface area contributed by atoms with E-state index in [4.69, 9.17) is 4.74 Å². The zero-order chi connectivity index (χ0) is 13.3. The average Bonchev–Trinajstić information content (AvgIpc) is 2.38. The van der Waals surface area contributed by atoms with E-state index in [0.717, 1.165) is 6.42 Å². The molecule has 1 saturated carbocycles. The predicted molar refractivity (Wildman–Crippen MR) is 70.7 cm³/mol. The van der Waals surface area contributed by atoms with Crippen molar-refractivity contribution in [2.24, 2.45) is 22.7 Å². The van der Waals surface area contributed by atoms with Crippen LogP contribution in [0.4, 0.5) is 0 Å². The largest absolute Gasteiger partial charge is 0.466 e. The van der Waals surface area contributed by atoms with Crippen LogP contribution >= 0.6 is 0 Å². The second kappa shape index (κ2) is 4.99. The quantitative estimate of drug-likeness (QED) is 0.693. The fraction of sp³-hybridized carbons (Fsp3) is 0.933. The number of hydrogen-bond donors (Lipinski definition) is 0. The first kappa shape index (κ1) is 14.5. The molecule has 2 nitrogen and oxygen atoms in total. The van der Waals surface area contributed by atoms with Gasteiger partial charge in [0.05, 0.1) is 13.0 Å². The maximum atomic E-state index is 11.7. The standard InChI is InChI=1S/C15H28O2/c1-7-17-13(16)10-15(6)9-8-12(11(2)3)14(15,4)5/h11-12H,7-10H2,1-6H3/t12?,15-/m1/s1. The highest BCUT2D eigenvalue weighted by atomic mass is 16.5. The maximum Gasteiger partial charge on any atom is 0.306 e. The molecule has 0 heterocycles. The van der Waals surface area contributed by atoms with Crippen molar-refractivity contribution in [3.05, 3.63) is 0 Å². The highest BCUT2D eigenvalue weighted by Gasteiger charge is 2.52. The van der Waals surface area contributed by atoms with Crippen molar-refractivity contribution < 1.29 is 9.53 Å². The normalized spacial score (nSPS) is 31.8. The summed E-state index contributed by atoms with van der Waals surface area (Å²) in [6.07, 6.45) is 2.94. The van der Waals surface area contributed by atoms with E-state index in [9.17, 15) is 4.79 Å². The van der Waals surface area contributed by atoms with Crippen LogP contribution in [-0.4, -0.2) is 12.6 Å². The second-order valence-electron chi connectivity index (χ2n) is 6.65. The van der Waals surface area contributed by atoms with Crippen molar-refractivity contribution in [2.45, 2.75) is 60.8 Å². The maximum absolute atomic E-state index is 11.7. The molecule has 0 saturated heterocycles. The van der Waals surface area contributed by atoms with Crippen LogP contribution in [0.15, 0.2) is 0 Å². The molecular formula is C15H28O2. The summed E-state index contributed by atoms with van der Waals surface area (Å²) in [4.78, 5) is 11.7. The monoisotopic (exact) mass is 240 g/mol. The summed E-state index contributed by atoms with van der Waals surface area (Å²) >= 11 is 0. The molecule has 0 radical (unpaired) electrons. The highest BCUT2D eigenvalue weighted by Crippen LogP contribution is 2.59. The van der Waals surface area contributed by atoms with E-state index in [-0.39, 0.29) is 16.8 Å². The van der Waals surface area contributed by atoms with Crippen LogP contribution in [0.2, 0.25) is 0 Å². The summed E-state index contributed by atoms with van der Waals surface area (Å²) in [5.74, 6) is 1.36. The van der Waals surface area contributed by atoms with Crippen LogP contribution in [0.1, 0.15) is 60.8 Å². The number of carbonyl (C=O) groups is 1. The van der Waals surface area contributed by atoms with Gasteiger partial charge >= 0.3 is 5.97 Å². The Morgan fingerprint density at radius 3 is 2.35 bits per heavy atom. The van der Waals surface area contributed by atoms with Gasteiger partial charge in [0.15, 0.2) is 0 Å². The minimum atomic E-state index is -0.0347. The highest BCUT2D eigenvalue weighted by molar-refractivity contribution is 5.70. The number of esters is 1. The Morgan fingerprint density at radius 2 is 1.94 bits per heavy atom. The van der Waals surface area contributed by atoms with Crippen molar-refractivity contribution in [2.75, 3.05) is 6.61 Å². The SMILES string of the molecule is CCOC(=O)C[C@@]1(C)CCC(C(C)C)C1(C)C. The van der Waals surface area contributed by atoms with Gasteiger partial charge in [0.25, 0.3) is 0 Å². The first-order chi connectivity index (χ1) is 7.74. The molecule has 0 N–H and O–H groups in total. The van der Waals surface area contributed by atoms with E-state index in [2.05, 4.69) is 34.6 Å². The van der Waals surface area contributed by atoms with Gasteiger partial charge in [-0.3, -0.25) is 4.79 Å². The molecule has 1 rings (SSSR count). The molecule has 1 aliphatic carbocycles. The van der Waals surface area contributed by atoms with E-state index in [1.54, 1.807) is 0 Å². The van der Waals surface area contributed by atoms with Gasteiger partial charge in [-0.15, -0.1) is 0 Å². The fourth-order valence-electron chi connectivity index (χ4n) is 3.62. The molecule has 0 aromatic carbocycles. The second-order valence-corrected chi connectivity index (χ2v) is 6.65. The van der Waals surface area contributed by atoms with Crippen LogP contribution < -0.4 is 0 Å². The third kappa shape index (κ3) is 2.66. The number of hydrogen-bond acceptors (Lipinski definition) is 2. The van der Waals surface area contributed by atoms with Crippen molar-refractivity contribution in [3.8, 4) is 0 Å². The Bertz CT molecular complexity index is 281. The first-order valence-corrected chi connectivity index (χ1v) is 6.90. The van der Waals surface area contributed by atoms with E-state index >= 15 is 0 Å². The molecule has 17 heavy (non-hydrogen) atoms. The van der Waals surface area contributed by atoms with Crippen LogP contribution in [0, 0.1) is 22.7 Å². The van der Waals surface area contributed by atoms with Gasteiger partial charge < -0.3 is 4.74 Å². The first-order valence-electron chi connectivity index (χ1n) is 6.90. The van der Waals surface area contributed by atoms with Gasteiger partial charge in [-0.05, 0) is 42.4 Å². The van der Waals surface area contributed by atoms with E-state index in [0.29, 0.717) is 24.9 Å². The van der Waals surface area contributed by atoms with Crippen LogP contribution in [0.3, 0.4) is 0 Å². The molecular weight excluding hydrogens is 212 g/mol. The minimum absolute atomic E-state index is 0.0347. The zero-order valence-electron chi connectivity index (χ0n) is 12.3. The number of rotatable bonds is 4. The summed E-state index contributed by atoms with van der Waals surface area (Å²) in [6.45, 7) is 13.9. The van der Waals surface area contributed by atoms with Crippen molar-refractivity contribution in [3.63, 3.8) is 0 Å². The Morgan fingerprint density at radius 1 is 1.35 bits per heavy atom. The molecule has 100 valence electrons. The van der Waals surface area contributed by atoms with Gasteiger partial charge in [-0.2, -0.15) is 0 Å². The predicted octanol–water partition coefficient (Wildman–Crippen LogP) is 4.04. The molecule has 2 atom stereocenters. The molecule has 2 heteroatoms. The molecule has 1 fully saturated rings. The number of ether oxygens (including phenoxy) is 1. The Labute approximate surface area is 106 Å². The summed E-state index contributed by atoms with van der Waals surface area (Å²) in [5.41, 5.74) is 0.308. The Kier molecular flexibility index (Phi) is 4.27. The van der Waals surface area contributed by atoms with Gasteiger partial charge in [-0.25, -0.2) is 0 Å². The van der Waals surface area contributed by atoms with Crippen molar-refractivity contribution in [1.29, 1.82) is 0 Å². The van der Waals surface area contributed by atoms with E-state index in [1.807, 2.05) is 6.92 Å². The lowest BCUT2D eigenvalue weighted by molar-refractivity contribution is -0.147. The molecule has 0 amide bonds. The third-order valence-electron chi connectivity index (χ3n) is 5.13. The summed E-state index contributed by atoms with van der Waals surface area (Å²) in [5, 5.41) is 0. The summed E-state index contributed by atoms with van der Waals surface area (Å²) in [6, 6.07) is 0. The molecule has 1 unspecified atom stereocenters. The smallest absolute Gasteiger partial charge is 0.306 e. The van der Waals surface area contributed by atoms with Crippen LogP contribution in [0.25, 0.3) is 0 Å². The Hall–Kier alpha value is -0.530. The molecule has 0 aliphatic heterocycles. The summed E-state index contributed by atoms with van der Waals surface area (Å²) < 4.78 is 5.12. The van der Waals surface area contributed by atoms with Gasteiger partial charge in [0.2, 0.25) is 0 Å². The Balaban J connectivity index is 2.80. The molecule has 1 aliphatic rings. The fourth-order valence-corrected chi connectivity index (χ4v) is 3.62. The van der Waals surface area contributed by atoms with Crippen molar-refractivity contribution in [1.82, 2.24) is 0 Å². The van der Waals surface area contributed by atoms with E-state index in [1.165, 1.54) is 6.42 Å². The molecule has 0 aromatic heterocycles.